The molecule has 1 heterocycles. The highest BCUT2D eigenvalue weighted by molar-refractivity contribution is 5.97. The Morgan fingerprint density at radius 1 is 1.05 bits per heavy atom. The highest BCUT2D eigenvalue weighted by Crippen LogP contribution is 2.30. The minimum absolute atomic E-state index is 0.0490. The van der Waals surface area contributed by atoms with Gasteiger partial charge in [-0.15, -0.1) is 0 Å². The van der Waals surface area contributed by atoms with E-state index in [0.717, 1.165) is 48.2 Å². The van der Waals surface area contributed by atoms with E-state index in [1.807, 2.05) is 53.7 Å². The topological polar surface area (TPSA) is 142 Å². The van der Waals surface area contributed by atoms with Gasteiger partial charge in [0, 0.05) is 47.2 Å². The lowest BCUT2D eigenvalue weighted by Crippen LogP contribution is -2.42. The summed E-state index contributed by atoms with van der Waals surface area (Å²) in [7, 11) is 0. The predicted molar refractivity (Wildman–Crippen MR) is 151 cm³/mol. The largest absolute Gasteiger partial charge is 0.491 e. The first kappa shape index (κ1) is 30.0. The van der Waals surface area contributed by atoms with Gasteiger partial charge < -0.3 is 35.5 Å². The molecule has 2 amide bonds. The van der Waals surface area contributed by atoms with Crippen molar-refractivity contribution in [2.45, 2.75) is 91.5 Å². The second-order valence-electron chi connectivity index (χ2n) is 11.2. The van der Waals surface area contributed by atoms with E-state index < -0.39 is 11.7 Å². The fraction of sp³-hybridized carbons (Fsp3) is 0.552. The van der Waals surface area contributed by atoms with Gasteiger partial charge in [-0.25, -0.2) is 4.79 Å². The van der Waals surface area contributed by atoms with Gasteiger partial charge in [-0.1, -0.05) is 0 Å². The van der Waals surface area contributed by atoms with E-state index in [4.69, 9.17) is 9.47 Å². The van der Waals surface area contributed by atoms with Crippen molar-refractivity contribution in [3.63, 3.8) is 0 Å². The van der Waals surface area contributed by atoms with Crippen LogP contribution in [0.15, 0.2) is 23.0 Å². The third-order valence-corrected chi connectivity index (χ3v) is 6.71. The third kappa shape index (κ3) is 8.74. The summed E-state index contributed by atoms with van der Waals surface area (Å²) < 4.78 is 11.0. The molecular weight excluding hydrogens is 500 g/mol. The van der Waals surface area contributed by atoms with Crippen LogP contribution in [-0.4, -0.2) is 53.0 Å². The summed E-state index contributed by atoms with van der Waals surface area (Å²) in [5.41, 5.74) is 3.28. The molecule has 0 radical (unpaired) electrons. The normalized spacial score (nSPS) is 17.3. The first-order valence-electron chi connectivity index (χ1n) is 13.5. The number of hydrogen-bond donors (Lipinski definition) is 5. The average Bonchev–Trinajstić information content (AvgIpc) is 2.83. The number of ether oxygens (including phenoxy) is 2. The first-order chi connectivity index (χ1) is 18.4. The summed E-state index contributed by atoms with van der Waals surface area (Å²) in [6.45, 7) is 11.1. The van der Waals surface area contributed by atoms with Crippen molar-refractivity contribution in [3.8, 4) is 5.75 Å². The number of rotatable bonds is 9. The molecule has 1 saturated carbocycles. The van der Waals surface area contributed by atoms with Gasteiger partial charge in [-0.05, 0) is 90.5 Å². The van der Waals surface area contributed by atoms with Crippen molar-refractivity contribution in [2.75, 3.05) is 18.5 Å². The van der Waals surface area contributed by atoms with Crippen LogP contribution >= 0.6 is 0 Å². The number of hydrogen-bond acceptors (Lipinski definition) is 7. The van der Waals surface area contributed by atoms with Gasteiger partial charge in [0.05, 0.1) is 6.61 Å². The number of H-pyrrole nitrogens is 1. The van der Waals surface area contributed by atoms with Crippen LogP contribution in [-0.2, 0) is 11.3 Å². The molecule has 0 bridgehead atoms. The fourth-order valence-electron chi connectivity index (χ4n) is 4.76. The van der Waals surface area contributed by atoms with Crippen LogP contribution in [0, 0.1) is 20.8 Å². The number of aryl methyl sites for hydroxylation is 2. The Balaban J connectivity index is 1.70. The maximum Gasteiger partial charge on any atom is 0.407 e. The van der Waals surface area contributed by atoms with E-state index in [9.17, 15) is 19.5 Å². The number of amides is 2. The van der Waals surface area contributed by atoms with Gasteiger partial charge in [0.25, 0.3) is 11.5 Å². The van der Waals surface area contributed by atoms with Gasteiger partial charge in [0.15, 0.2) is 0 Å². The molecule has 1 aliphatic rings. The fourth-order valence-corrected chi connectivity index (χ4v) is 4.76. The first-order valence-corrected chi connectivity index (χ1v) is 13.5. The maximum atomic E-state index is 13.2. The zero-order valence-corrected chi connectivity index (χ0v) is 23.8. The summed E-state index contributed by atoms with van der Waals surface area (Å²) in [5, 5.41) is 18.6. The molecule has 10 heteroatoms. The van der Waals surface area contributed by atoms with Crippen LogP contribution in [0.25, 0.3) is 0 Å². The predicted octanol–water partition coefficient (Wildman–Crippen LogP) is 3.85. The molecule has 10 nitrogen and oxygen atoms in total. The Kier molecular flexibility index (Phi) is 10.0. The molecule has 3 rings (SSSR count). The van der Waals surface area contributed by atoms with Gasteiger partial charge in [-0.3, -0.25) is 9.59 Å². The number of carbonyl (C=O) groups excluding carboxylic acids is 2. The Bertz CT molecular complexity index is 1230. The van der Waals surface area contributed by atoms with E-state index in [0.29, 0.717) is 16.9 Å². The molecule has 2 aromatic rings. The van der Waals surface area contributed by atoms with Crippen molar-refractivity contribution in [3.05, 3.63) is 56.5 Å². The van der Waals surface area contributed by atoms with Crippen LogP contribution in [0.3, 0.4) is 0 Å². The molecule has 214 valence electrons. The van der Waals surface area contributed by atoms with Crippen LogP contribution in [0.2, 0.25) is 0 Å². The molecule has 1 aliphatic carbocycles. The van der Waals surface area contributed by atoms with E-state index >= 15 is 0 Å². The molecule has 1 fully saturated rings. The van der Waals surface area contributed by atoms with E-state index in [1.165, 1.54) is 0 Å². The molecule has 1 aromatic heterocycles. The second kappa shape index (κ2) is 13.0. The number of pyridine rings is 1. The number of benzene rings is 1. The Morgan fingerprint density at radius 2 is 1.72 bits per heavy atom. The summed E-state index contributed by atoms with van der Waals surface area (Å²) >= 11 is 0. The highest BCUT2D eigenvalue weighted by atomic mass is 16.6. The van der Waals surface area contributed by atoms with Crippen LogP contribution in [0.1, 0.15) is 79.2 Å². The van der Waals surface area contributed by atoms with E-state index in [-0.39, 0.29) is 43.3 Å². The van der Waals surface area contributed by atoms with Crippen molar-refractivity contribution < 1.29 is 24.2 Å². The quantitative estimate of drug-likeness (QED) is 0.324. The smallest absolute Gasteiger partial charge is 0.407 e. The van der Waals surface area contributed by atoms with Crippen LogP contribution in [0.5, 0.6) is 5.75 Å². The van der Waals surface area contributed by atoms with Gasteiger partial charge in [-0.2, -0.15) is 0 Å². The zero-order valence-electron chi connectivity index (χ0n) is 23.8. The van der Waals surface area contributed by atoms with Gasteiger partial charge in [0.2, 0.25) is 0 Å². The zero-order chi connectivity index (χ0) is 28.7. The summed E-state index contributed by atoms with van der Waals surface area (Å²) in [6, 6.07) is 5.56. The lowest BCUT2D eigenvalue weighted by atomic mass is 9.90. The number of aromatic amines is 1. The minimum Gasteiger partial charge on any atom is -0.491 e. The number of aliphatic hydroxyl groups is 1. The molecule has 5 N–H and O–H groups in total. The van der Waals surface area contributed by atoms with E-state index in [2.05, 4.69) is 20.9 Å². The SMILES string of the molecule is Cc1cc(C)c(CNC(=O)c2cc(OCCO)cc(NC3CCC(NC(=O)OC(C)(C)C)CC3)c2C)c(=O)[nH]1. The monoisotopic (exact) mass is 542 g/mol. The van der Waals surface area contributed by atoms with Gasteiger partial charge >= 0.3 is 6.09 Å². The number of carbonyl (C=O) groups is 2. The van der Waals surface area contributed by atoms with Gasteiger partial charge in [0.1, 0.15) is 18.0 Å². The third-order valence-electron chi connectivity index (χ3n) is 6.71. The molecular formula is C29H42N4O6. The summed E-state index contributed by atoms with van der Waals surface area (Å²) in [4.78, 5) is 40.5. The Morgan fingerprint density at radius 3 is 2.33 bits per heavy atom. The van der Waals surface area contributed by atoms with Crippen LogP contribution in [0.4, 0.5) is 10.5 Å². The number of alkyl carbamates (subject to hydrolysis) is 1. The standard InChI is InChI=1S/C29H42N4O6/c1-17-13-18(2)31-27(36)24(17)16-30-26(35)23-14-22(38-12-11-34)15-25(19(23)3)32-20-7-9-21(10-8-20)33-28(37)39-29(4,5)6/h13-15,20-21,32,34H,7-12,16H2,1-6H3,(H,30,35)(H,31,36)(H,33,37). The highest BCUT2D eigenvalue weighted by Gasteiger charge is 2.26. The lowest BCUT2D eigenvalue weighted by Gasteiger charge is -2.31. The van der Waals surface area contributed by atoms with Crippen molar-refractivity contribution in [1.82, 2.24) is 15.6 Å². The molecule has 0 saturated heterocycles. The molecule has 0 unspecified atom stereocenters. The van der Waals surface area contributed by atoms with Crippen LogP contribution < -0.4 is 26.2 Å². The summed E-state index contributed by atoms with van der Waals surface area (Å²) in [6.07, 6.45) is 2.86. The maximum absolute atomic E-state index is 13.2. The molecule has 1 aromatic carbocycles. The number of aliphatic hydroxyl groups excluding tert-OH is 1. The number of anilines is 1. The van der Waals surface area contributed by atoms with E-state index in [1.54, 1.807) is 6.07 Å². The van der Waals surface area contributed by atoms with Crippen molar-refractivity contribution in [1.29, 1.82) is 0 Å². The number of nitrogens with one attached hydrogen (secondary N) is 4. The van der Waals surface area contributed by atoms with Crippen molar-refractivity contribution >= 4 is 17.7 Å². The molecule has 39 heavy (non-hydrogen) atoms. The second-order valence-corrected chi connectivity index (χ2v) is 11.2. The molecule has 0 aliphatic heterocycles. The number of aromatic nitrogens is 1. The Labute approximate surface area is 229 Å². The summed E-state index contributed by atoms with van der Waals surface area (Å²) in [5.74, 6) is 0.140. The molecule has 0 spiro atoms. The Hall–Kier alpha value is -3.53. The lowest BCUT2D eigenvalue weighted by molar-refractivity contribution is 0.0492. The van der Waals surface area contributed by atoms with Crippen molar-refractivity contribution in [2.24, 2.45) is 0 Å². The average molecular weight is 543 g/mol. The minimum atomic E-state index is -0.540. The molecule has 0 atom stereocenters.